The Kier molecular flexibility index (Phi) is 3.42. The van der Waals surface area contributed by atoms with Crippen LogP contribution in [-0.2, 0) is 19.4 Å². The summed E-state index contributed by atoms with van der Waals surface area (Å²) in [5.41, 5.74) is 3.25. The van der Waals surface area contributed by atoms with Gasteiger partial charge in [-0.3, -0.25) is 0 Å². The van der Waals surface area contributed by atoms with Crippen LogP contribution in [0, 0.1) is 5.41 Å². The lowest BCUT2D eigenvalue weighted by Gasteiger charge is -2.41. The van der Waals surface area contributed by atoms with E-state index in [1.807, 2.05) is 0 Å². The quantitative estimate of drug-likeness (QED) is 0.886. The second-order valence-corrected chi connectivity index (χ2v) is 6.82. The van der Waals surface area contributed by atoms with Crippen LogP contribution in [-0.4, -0.2) is 16.1 Å². The molecule has 0 spiro atoms. The van der Waals surface area contributed by atoms with E-state index in [0.29, 0.717) is 11.5 Å². The Morgan fingerprint density at radius 2 is 2.21 bits per heavy atom. The minimum absolute atomic E-state index is 0.418. The van der Waals surface area contributed by atoms with Crippen molar-refractivity contribution in [2.45, 2.75) is 71.9 Å². The minimum atomic E-state index is 0.418. The van der Waals surface area contributed by atoms with Gasteiger partial charge >= 0.3 is 0 Å². The van der Waals surface area contributed by atoms with Crippen molar-refractivity contribution in [1.82, 2.24) is 14.9 Å². The van der Waals surface area contributed by atoms with Gasteiger partial charge in [-0.2, -0.15) is 0 Å². The molecule has 0 amide bonds. The van der Waals surface area contributed by atoms with Crippen molar-refractivity contribution >= 4 is 0 Å². The Balaban J connectivity index is 2.05. The van der Waals surface area contributed by atoms with Crippen LogP contribution < -0.4 is 5.32 Å². The molecule has 1 unspecified atom stereocenters. The minimum Gasteiger partial charge on any atom is -0.328 e. The highest BCUT2D eigenvalue weighted by molar-refractivity contribution is 5.22. The first-order chi connectivity index (χ1) is 9.13. The van der Waals surface area contributed by atoms with Crippen molar-refractivity contribution in [2.24, 2.45) is 5.41 Å². The highest BCUT2D eigenvalue weighted by Gasteiger charge is 2.36. The average molecular weight is 261 g/mol. The van der Waals surface area contributed by atoms with Crippen molar-refractivity contribution in [3.63, 3.8) is 0 Å². The fourth-order valence-corrected chi connectivity index (χ4v) is 3.96. The molecule has 106 valence electrons. The molecule has 0 bridgehead atoms. The molecule has 3 rings (SSSR count). The van der Waals surface area contributed by atoms with E-state index in [2.05, 4.69) is 30.7 Å². The van der Waals surface area contributed by atoms with Gasteiger partial charge in [-0.1, -0.05) is 33.6 Å². The van der Waals surface area contributed by atoms with E-state index >= 15 is 0 Å². The number of fused-ring (bicyclic) bond motifs is 1. The van der Waals surface area contributed by atoms with Gasteiger partial charge in [0.1, 0.15) is 5.82 Å². The van der Waals surface area contributed by atoms with Crippen LogP contribution >= 0.6 is 0 Å². The van der Waals surface area contributed by atoms with E-state index in [4.69, 9.17) is 4.98 Å². The van der Waals surface area contributed by atoms with Crippen LogP contribution in [0.2, 0.25) is 0 Å². The normalized spacial score (nSPS) is 26.2. The summed E-state index contributed by atoms with van der Waals surface area (Å²) >= 11 is 0. The third-order valence-corrected chi connectivity index (χ3v) is 5.08. The summed E-state index contributed by atoms with van der Waals surface area (Å²) in [6.07, 6.45) is 7.66. The molecule has 0 radical (unpaired) electrons. The highest BCUT2D eigenvalue weighted by Crippen LogP contribution is 2.45. The number of imidazole rings is 1. The van der Waals surface area contributed by atoms with Gasteiger partial charge in [-0.25, -0.2) is 4.98 Å². The molecule has 2 heterocycles. The Morgan fingerprint density at radius 3 is 2.95 bits per heavy atom. The molecule has 1 aliphatic heterocycles. The van der Waals surface area contributed by atoms with E-state index in [1.54, 1.807) is 0 Å². The molecule has 3 nitrogen and oxygen atoms in total. The predicted octanol–water partition coefficient (Wildman–Crippen LogP) is 3.23. The zero-order chi connectivity index (χ0) is 13.5. The van der Waals surface area contributed by atoms with Gasteiger partial charge in [0.15, 0.2) is 0 Å². The van der Waals surface area contributed by atoms with E-state index in [-0.39, 0.29) is 0 Å². The van der Waals surface area contributed by atoms with Crippen LogP contribution in [0.15, 0.2) is 0 Å². The van der Waals surface area contributed by atoms with E-state index in [9.17, 15) is 0 Å². The van der Waals surface area contributed by atoms with Gasteiger partial charge in [0, 0.05) is 37.7 Å². The van der Waals surface area contributed by atoms with E-state index in [0.717, 1.165) is 25.9 Å². The first-order valence-electron chi connectivity index (χ1n) is 7.93. The van der Waals surface area contributed by atoms with Gasteiger partial charge in [-0.15, -0.1) is 0 Å². The first-order valence-corrected chi connectivity index (χ1v) is 7.93. The molecule has 0 aromatic carbocycles. The monoisotopic (exact) mass is 261 g/mol. The lowest BCUT2D eigenvalue weighted by atomic mass is 9.73. The van der Waals surface area contributed by atoms with Gasteiger partial charge in [0.2, 0.25) is 0 Å². The van der Waals surface area contributed by atoms with Gasteiger partial charge in [0.05, 0.1) is 5.69 Å². The zero-order valence-electron chi connectivity index (χ0n) is 12.6. The van der Waals surface area contributed by atoms with E-state index < -0.39 is 0 Å². The maximum atomic E-state index is 4.91. The molecular weight excluding hydrogens is 234 g/mol. The van der Waals surface area contributed by atoms with Crippen LogP contribution in [0.25, 0.3) is 0 Å². The second-order valence-electron chi connectivity index (χ2n) is 6.82. The number of nitrogens with zero attached hydrogens (tertiary/aromatic N) is 2. The third-order valence-electron chi connectivity index (χ3n) is 5.08. The highest BCUT2D eigenvalue weighted by atomic mass is 15.2. The summed E-state index contributed by atoms with van der Waals surface area (Å²) in [6, 6.07) is 0.658. The first kappa shape index (κ1) is 13.2. The molecule has 1 N–H and O–H groups in total. The fraction of sp³-hybridized carbons (Fsp3) is 0.812. The molecular formula is C16H27N3. The number of rotatable bonds is 2. The Hall–Kier alpha value is -0.830. The number of nitrogens with one attached hydrogen (secondary N) is 1. The smallest absolute Gasteiger partial charge is 0.109 e. The number of aromatic nitrogens is 2. The van der Waals surface area contributed by atoms with Crippen LogP contribution in [0.3, 0.4) is 0 Å². The second kappa shape index (κ2) is 4.93. The molecule has 1 fully saturated rings. The summed E-state index contributed by atoms with van der Waals surface area (Å²) < 4.78 is 2.63. The van der Waals surface area contributed by atoms with Gasteiger partial charge in [-0.05, 0) is 18.3 Å². The number of hydrogen-bond acceptors (Lipinski definition) is 2. The van der Waals surface area contributed by atoms with E-state index in [1.165, 1.54) is 42.9 Å². The molecule has 19 heavy (non-hydrogen) atoms. The van der Waals surface area contributed by atoms with Gasteiger partial charge in [0.25, 0.3) is 0 Å². The Bertz CT molecular complexity index is 459. The summed E-state index contributed by atoms with van der Waals surface area (Å²) in [5, 5.41) is 3.45. The molecule has 2 aliphatic rings. The third kappa shape index (κ3) is 2.22. The summed E-state index contributed by atoms with van der Waals surface area (Å²) in [6.45, 7) is 9.21. The zero-order valence-corrected chi connectivity index (χ0v) is 12.6. The van der Waals surface area contributed by atoms with Crippen molar-refractivity contribution in [3.05, 3.63) is 17.2 Å². The topological polar surface area (TPSA) is 29.9 Å². The molecule has 3 heteroatoms. The van der Waals surface area contributed by atoms with Crippen LogP contribution in [0.1, 0.15) is 69.7 Å². The average Bonchev–Trinajstić information content (AvgIpc) is 2.76. The van der Waals surface area contributed by atoms with Crippen LogP contribution in [0.4, 0.5) is 0 Å². The molecule has 1 aromatic rings. The number of aryl methyl sites for hydroxylation is 1. The Morgan fingerprint density at radius 1 is 1.37 bits per heavy atom. The summed E-state index contributed by atoms with van der Waals surface area (Å²) in [5.74, 6) is 1.31. The summed E-state index contributed by atoms with van der Waals surface area (Å²) in [4.78, 5) is 4.91. The molecule has 1 aliphatic carbocycles. The Labute approximate surface area is 116 Å². The fourth-order valence-electron chi connectivity index (χ4n) is 3.96. The largest absolute Gasteiger partial charge is 0.328 e. The predicted molar refractivity (Wildman–Crippen MR) is 78.3 cm³/mol. The van der Waals surface area contributed by atoms with Crippen molar-refractivity contribution in [1.29, 1.82) is 0 Å². The number of hydrogen-bond donors (Lipinski definition) is 1. The summed E-state index contributed by atoms with van der Waals surface area (Å²) in [7, 11) is 0. The van der Waals surface area contributed by atoms with Crippen molar-refractivity contribution in [2.75, 3.05) is 6.54 Å². The molecule has 1 aromatic heterocycles. The van der Waals surface area contributed by atoms with Crippen LogP contribution in [0.5, 0.6) is 0 Å². The molecule has 1 atom stereocenters. The lowest BCUT2D eigenvalue weighted by Crippen LogP contribution is -2.34. The van der Waals surface area contributed by atoms with Crippen molar-refractivity contribution in [3.8, 4) is 0 Å². The standard InChI is InChI=1S/C16H27N3/c1-4-15-18-12-11-17-10-8-13(12)19(15)14-7-5-6-9-16(14,2)3/h14,17H,4-11H2,1-3H3. The maximum absolute atomic E-state index is 4.91. The maximum Gasteiger partial charge on any atom is 0.109 e. The van der Waals surface area contributed by atoms with Crippen molar-refractivity contribution < 1.29 is 0 Å². The molecule has 1 saturated carbocycles. The van der Waals surface area contributed by atoms with Gasteiger partial charge < -0.3 is 9.88 Å². The SMILES string of the molecule is CCc1nc2c(n1C1CCCCC1(C)C)CCNC2. The molecule has 0 saturated heterocycles. The lowest BCUT2D eigenvalue weighted by molar-refractivity contribution is 0.138.